The lowest BCUT2D eigenvalue weighted by molar-refractivity contribution is 0.100. The van der Waals surface area contributed by atoms with Crippen molar-refractivity contribution in [2.24, 2.45) is 12.8 Å². The van der Waals surface area contributed by atoms with Crippen LogP contribution in [0.15, 0.2) is 48.1 Å². The number of hydrogen-bond donors (Lipinski definition) is 2. The second kappa shape index (κ2) is 6.73. The number of anilines is 2. The average molecular weight is 379 g/mol. The minimum atomic E-state index is -0.496. The van der Waals surface area contributed by atoms with E-state index in [1.54, 1.807) is 31.6 Å². The minimum Gasteiger partial charge on any atom is -0.495 e. The van der Waals surface area contributed by atoms with E-state index in [-0.39, 0.29) is 0 Å². The maximum Gasteiger partial charge on any atom is 0.248 e. The maximum absolute atomic E-state index is 11.4. The van der Waals surface area contributed by atoms with Crippen LogP contribution in [-0.2, 0) is 7.05 Å². The minimum absolute atomic E-state index is 0.399. The maximum atomic E-state index is 11.4. The van der Waals surface area contributed by atoms with Gasteiger partial charge >= 0.3 is 0 Å². The molecule has 27 heavy (non-hydrogen) atoms. The molecule has 1 amide bonds. The number of benzene rings is 2. The number of fused-ring (bicyclic) bond motifs is 1. The Kier molecular flexibility index (Phi) is 4.25. The van der Waals surface area contributed by atoms with Crippen LogP contribution in [0.25, 0.3) is 22.3 Å². The van der Waals surface area contributed by atoms with Crippen LogP contribution < -0.4 is 15.8 Å². The summed E-state index contributed by atoms with van der Waals surface area (Å²) < 4.78 is 7.32. The highest BCUT2D eigenvalue weighted by Gasteiger charge is 2.11. The van der Waals surface area contributed by atoms with Gasteiger partial charge in [-0.15, -0.1) is 11.3 Å². The quantitative estimate of drug-likeness (QED) is 0.553. The molecule has 0 spiro atoms. The van der Waals surface area contributed by atoms with Gasteiger partial charge in [0.1, 0.15) is 5.75 Å². The molecular formula is C19H17N5O2S. The zero-order valence-electron chi connectivity index (χ0n) is 14.8. The van der Waals surface area contributed by atoms with Crippen LogP contribution in [0.3, 0.4) is 0 Å². The number of carbonyl (C=O) groups excluding carboxylic acids is 1. The summed E-state index contributed by atoms with van der Waals surface area (Å²) in [6.45, 7) is 0. The van der Waals surface area contributed by atoms with Crippen LogP contribution in [0.2, 0.25) is 0 Å². The molecule has 0 bridgehead atoms. The van der Waals surface area contributed by atoms with Gasteiger partial charge in [-0.25, -0.2) is 9.97 Å². The first-order valence-electron chi connectivity index (χ1n) is 8.17. The molecule has 7 nitrogen and oxygen atoms in total. The van der Waals surface area contributed by atoms with Crippen LogP contribution in [0, 0.1) is 0 Å². The van der Waals surface area contributed by atoms with Crippen molar-refractivity contribution in [3.8, 4) is 17.0 Å². The Morgan fingerprint density at radius 3 is 2.89 bits per heavy atom. The highest BCUT2D eigenvalue weighted by atomic mass is 32.1. The molecule has 0 aliphatic heterocycles. The van der Waals surface area contributed by atoms with Crippen LogP contribution in [0.1, 0.15) is 10.4 Å². The lowest BCUT2D eigenvalue weighted by Crippen LogP contribution is -2.11. The number of rotatable bonds is 5. The molecule has 4 aromatic rings. The molecule has 0 fully saturated rings. The average Bonchev–Trinajstić information content (AvgIpc) is 3.28. The molecule has 136 valence electrons. The van der Waals surface area contributed by atoms with E-state index in [1.165, 1.54) is 11.3 Å². The number of amides is 1. The predicted octanol–water partition coefficient (Wildman–Crippen LogP) is 3.55. The van der Waals surface area contributed by atoms with Gasteiger partial charge in [0.25, 0.3) is 0 Å². The van der Waals surface area contributed by atoms with Crippen LogP contribution >= 0.6 is 11.3 Å². The number of imidazole rings is 1. The Hall–Kier alpha value is -3.39. The van der Waals surface area contributed by atoms with Gasteiger partial charge in [-0.2, -0.15) is 0 Å². The normalized spacial score (nSPS) is 10.9. The third-order valence-electron chi connectivity index (χ3n) is 4.25. The second-order valence-corrected chi connectivity index (χ2v) is 6.86. The molecule has 0 saturated carbocycles. The number of hydrogen-bond acceptors (Lipinski definition) is 6. The first-order chi connectivity index (χ1) is 13.0. The molecule has 2 heterocycles. The predicted molar refractivity (Wildman–Crippen MR) is 107 cm³/mol. The number of carbonyl (C=O) groups is 1. The number of methoxy groups -OCH3 is 1. The Balaban J connectivity index is 1.64. The molecule has 0 saturated heterocycles. The number of ether oxygens (including phenoxy) is 1. The van der Waals surface area contributed by atoms with Crippen molar-refractivity contribution in [2.75, 3.05) is 12.4 Å². The molecule has 0 unspecified atom stereocenters. The molecular weight excluding hydrogens is 362 g/mol. The molecule has 8 heteroatoms. The number of nitrogens with one attached hydrogen (secondary N) is 1. The van der Waals surface area contributed by atoms with Crippen molar-refractivity contribution in [1.29, 1.82) is 0 Å². The van der Waals surface area contributed by atoms with Gasteiger partial charge in [0.15, 0.2) is 5.13 Å². The van der Waals surface area contributed by atoms with Gasteiger partial charge in [-0.05, 0) is 30.3 Å². The summed E-state index contributed by atoms with van der Waals surface area (Å²) in [5.41, 5.74) is 10.2. The van der Waals surface area contributed by atoms with E-state index in [0.29, 0.717) is 22.1 Å². The Morgan fingerprint density at radius 2 is 2.11 bits per heavy atom. The fourth-order valence-corrected chi connectivity index (χ4v) is 3.57. The van der Waals surface area contributed by atoms with Crippen LogP contribution in [0.5, 0.6) is 5.75 Å². The zero-order chi connectivity index (χ0) is 19.0. The number of aromatic nitrogens is 3. The largest absolute Gasteiger partial charge is 0.495 e. The van der Waals surface area contributed by atoms with Crippen LogP contribution in [0.4, 0.5) is 10.8 Å². The summed E-state index contributed by atoms with van der Waals surface area (Å²) in [6, 6.07) is 11.1. The highest BCUT2D eigenvalue weighted by molar-refractivity contribution is 7.14. The molecule has 4 rings (SSSR count). The lowest BCUT2D eigenvalue weighted by Gasteiger charge is -2.10. The molecule has 2 aromatic heterocycles. The smallest absolute Gasteiger partial charge is 0.248 e. The molecule has 2 aromatic carbocycles. The third kappa shape index (κ3) is 3.22. The fourth-order valence-electron chi connectivity index (χ4n) is 2.83. The first-order valence-corrected chi connectivity index (χ1v) is 9.05. The van der Waals surface area contributed by atoms with Gasteiger partial charge in [-0.3, -0.25) is 4.79 Å². The summed E-state index contributed by atoms with van der Waals surface area (Å²) in [4.78, 5) is 20.5. The summed E-state index contributed by atoms with van der Waals surface area (Å²) in [5, 5.41) is 5.86. The van der Waals surface area contributed by atoms with Crippen molar-refractivity contribution in [3.63, 3.8) is 0 Å². The number of thiazole rings is 1. The number of nitrogens with zero attached hydrogens (tertiary/aromatic N) is 3. The van der Waals surface area contributed by atoms with Gasteiger partial charge < -0.3 is 20.4 Å². The highest BCUT2D eigenvalue weighted by Crippen LogP contribution is 2.32. The Labute approximate surface area is 159 Å². The van der Waals surface area contributed by atoms with Crippen molar-refractivity contribution < 1.29 is 9.53 Å². The molecule has 0 aliphatic carbocycles. The Morgan fingerprint density at radius 1 is 1.26 bits per heavy atom. The van der Waals surface area contributed by atoms with E-state index in [1.807, 2.05) is 35.2 Å². The molecule has 0 aliphatic rings. The summed E-state index contributed by atoms with van der Waals surface area (Å²) in [5.74, 6) is 0.107. The zero-order valence-corrected chi connectivity index (χ0v) is 15.6. The van der Waals surface area contributed by atoms with E-state index >= 15 is 0 Å². The van der Waals surface area contributed by atoms with Crippen molar-refractivity contribution >= 4 is 39.1 Å². The van der Waals surface area contributed by atoms with Gasteiger partial charge in [0.2, 0.25) is 5.91 Å². The summed E-state index contributed by atoms with van der Waals surface area (Å²) in [6.07, 6.45) is 1.79. The van der Waals surface area contributed by atoms with E-state index in [9.17, 15) is 4.79 Å². The van der Waals surface area contributed by atoms with Crippen molar-refractivity contribution in [3.05, 3.63) is 53.7 Å². The number of primary amides is 1. The van der Waals surface area contributed by atoms with E-state index < -0.39 is 5.91 Å². The third-order valence-corrected chi connectivity index (χ3v) is 5.01. The van der Waals surface area contributed by atoms with E-state index in [2.05, 4.69) is 15.3 Å². The second-order valence-electron chi connectivity index (χ2n) is 6.00. The first kappa shape index (κ1) is 17.0. The summed E-state index contributed by atoms with van der Waals surface area (Å²) in [7, 11) is 3.53. The van der Waals surface area contributed by atoms with E-state index in [4.69, 9.17) is 10.5 Å². The number of nitrogens with two attached hydrogens (primary N) is 1. The molecule has 3 N–H and O–H groups in total. The monoisotopic (exact) mass is 379 g/mol. The Bertz CT molecular complexity index is 1150. The standard InChI is InChI=1S/C19H17N5O2S/c1-24-10-21-13-7-11(3-5-16(13)24)15-9-27-19(23-15)22-14-8-12(18(20)25)4-6-17(14)26-2/h3-10H,1-2H3,(H2,20,25)(H,22,23). The van der Waals surface area contributed by atoms with Gasteiger partial charge in [0, 0.05) is 23.6 Å². The molecule has 0 radical (unpaired) electrons. The van der Waals surface area contributed by atoms with Crippen LogP contribution in [-0.4, -0.2) is 27.6 Å². The number of aryl methyl sites for hydroxylation is 1. The van der Waals surface area contributed by atoms with Crippen molar-refractivity contribution in [1.82, 2.24) is 14.5 Å². The topological polar surface area (TPSA) is 95.1 Å². The molecule has 0 atom stereocenters. The summed E-state index contributed by atoms with van der Waals surface area (Å²) >= 11 is 1.46. The van der Waals surface area contributed by atoms with Crippen molar-refractivity contribution in [2.45, 2.75) is 0 Å². The SMILES string of the molecule is COc1ccc(C(N)=O)cc1Nc1nc(-c2ccc3c(c2)ncn3C)cs1. The fraction of sp³-hybridized carbons (Fsp3) is 0.105. The van der Waals surface area contributed by atoms with Gasteiger partial charge in [0.05, 0.1) is 35.9 Å². The van der Waals surface area contributed by atoms with E-state index in [0.717, 1.165) is 22.3 Å². The van der Waals surface area contributed by atoms with Gasteiger partial charge in [-0.1, -0.05) is 6.07 Å². The lowest BCUT2D eigenvalue weighted by atomic mass is 10.1.